The largest absolute Gasteiger partial charge is 0.462 e. The number of carbonyl (C=O) groups is 3. The maximum atomic E-state index is 12.9. The first-order chi connectivity index (χ1) is 35.0. The fourth-order valence-electron chi connectivity index (χ4n) is 8.84. The van der Waals surface area contributed by atoms with Crippen LogP contribution in [0.3, 0.4) is 0 Å². The van der Waals surface area contributed by atoms with Crippen molar-refractivity contribution in [3.8, 4) is 0 Å². The number of hydrogen-bond donors (Lipinski definition) is 0. The molecule has 0 unspecified atom stereocenters. The van der Waals surface area contributed by atoms with E-state index in [2.05, 4.69) is 81.5 Å². The molecule has 0 N–H and O–H groups in total. The molecule has 1 atom stereocenters. The Morgan fingerprint density at radius 2 is 0.521 bits per heavy atom. The molecule has 0 heterocycles. The first kappa shape index (κ1) is 68.1. The lowest BCUT2D eigenvalue weighted by atomic mass is 10.0. The molecule has 0 amide bonds. The lowest BCUT2D eigenvalue weighted by Crippen LogP contribution is -2.30. The molecule has 0 saturated carbocycles. The molecule has 0 aliphatic carbocycles. The van der Waals surface area contributed by atoms with Gasteiger partial charge in [-0.2, -0.15) is 0 Å². The zero-order chi connectivity index (χ0) is 51.4. The minimum absolute atomic E-state index is 0.0928. The molecule has 0 rings (SSSR count). The van der Waals surface area contributed by atoms with Gasteiger partial charge in [-0.1, -0.05) is 274 Å². The van der Waals surface area contributed by atoms with Crippen LogP contribution in [0.1, 0.15) is 316 Å². The molecular formula is C65H116O6. The molecule has 0 bridgehead atoms. The van der Waals surface area contributed by atoms with Gasteiger partial charge in [-0.25, -0.2) is 0 Å². The van der Waals surface area contributed by atoms with Crippen molar-refractivity contribution < 1.29 is 28.6 Å². The molecule has 0 fully saturated rings. The maximum Gasteiger partial charge on any atom is 0.306 e. The van der Waals surface area contributed by atoms with E-state index >= 15 is 0 Å². The predicted molar refractivity (Wildman–Crippen MR) is 307 cm³/mol. The maximum absolute atomic E-state index is 12.9. The summed E-state index contributed by atoms with van der Waals surface area (Å²) < 4.78 is 16.9. The van der Waals surface area contributed by atoms with Crippen molar-refractivity contribution in [1.82, 2.24) is 0 Å². The molecular weight excluding hydrogens is 877 g/mol. The van der Waals surface area contributed by atoms with Crippen LogP contribution in [0.15, 0.2) is 60.8 Å². The van der Waals surface area contributed by atoms with Gasteiger partial charge >= 0.3 is 17.9 Å². The van der Waals surface area contributed by atoms with E-state index in [1.165, 1.54) is 205 Å². The second kappa shape index (κ2) is 59.7. The van der Waals surface area contributed by atoms with E-state index in [1.54, 1.807) is 0 Å². The third kappa shape index (κ3) is 57.9. The van der Waals surface area contributed by atoms with Crippen LogP contribution in [0.25, 0.3) is 0 Å². The molecule has 0 aliphatic heterocycles. The zero-order valence-electron chi connectivity index (χ0n) is 47.2. The second-order valence-corrected chi connectivity index (χ2v) is 20.6. The summed E-state index contributed by atoms with van der Waals surface area (Å²) in [6, 6.07) is 0. The fourth-order valence-corrected chi connectivity index (χ4v) is 8.84. The predicted octanol–water partition coefficient (Wildman–Crippen LogP) is 20.8. The summed E-state index contributed by atoms with van der Waals surface area (Å²) >= 11 is 0. The molecule has 71 heavy (non-hydrogen) atoms. The molecule has 0 spiro atoms. The number of hydrogen-bond acceptors (Lipinski definition) is 6. The van der Waals surface area contributed by atoms with Gasteiger partial charge < -0.3 is 14.2 Å². The highest BCUT2D eigenvalue weighted by atomic mass is 16.6. The lowest BCUT2D eigenvalue weighted by Gasteiger charge is -2.18. The first-order valence-corrected chi connectivity index (χ1v) is 30.8. The van der Waals surface area contributed by atoms with Crippen LogP contribution in [-0.2, 0) is 28.6 Å². The first-order valence-electron chi connectivity index (χ1n) is 30.8. The van der Waals surface area contributed by atoms with Crippen molar-refractivity contribution in [2.24, 2.45) is 0 Å². The minimum atomic E-state index is -0.801. The van der Waals surface area contributed by atoms with Crippen LogP contribution < -0.4 is 0 Å². The van der Waals surface area contributed by atoms with E-state index in [1.807, 2.05) is 0 Å². The minimum Gasteiger partial charge on any atom is -0.462 e. The quantitative estimate of drug-likeness (QED) is 0.0261. The topological polar surface area (TPSA) is 78.9 Å². The lowest BCUT2D eigenvalue weighted by molar-refractivity contribution is -0.167. The van der Waals surface area contributed by atoms with Crippen molar-refractivity contribution in [2.75, 3.05) is 13.2 Å². The normalized spacial score (nSPS) is 12.4. The summed E-state index contributed by atoms with van der Waals surface area (Å²) in [6.07, 6.45) is 75.1. The second-order valence-electron chi connectivity index (χ2n) is 20.6. The summed E-state index contributed by atoms with van der Waals surface area (Å²) in [5.41, 5.74) is 0. The molecule has 412 valence electrons. The van der Waals surface area contributed by atoms with Gasteiger partial charge in [0.1, 0.15) is 13.2 Å². The van der Waals surface area contributed by atoms with Crippen LogP contribution in [0, 0.1) is 0 Å². The van der Waals surface area contributed by atoms with E-state index in [4.69, 9.17) is 14.2 Å². The number of rotatable bonds is 56. The number of allylic oxidation sites excluding steroid dienone is 10. The van der Waals surface area contributed by atoms with Gasteiger partial charge in [0.05, 0.1) is 0 Å². The fraction of sp³-hybridized carbons (Fsp3) is 0.800. The van der Waals surface area contributed by atoms with Crippen LogP contribution >= 0.6 is 0 Å². The van der Waals surface area contributed by atoms with Gasteiger partial charge in [-0.15, -0.1) is 0 Å². The Hall–Kier alpha value is -2.89. The average Bonchev–Trinajstić information content (AvgIpc) is 3.37. The molecule has 0 aromatic rings. The molecule has 0 aliphatic rings. The van der Waals surface area contributed by atoms with E-state index in [9.17, 15) is 14.4 Å². The van der Waals surface area contributed by atoms with Gasteiger partial charge in [0.15, 0.2) is 6.10 Å². The van der Waals surface area contributed by atoms with Gasteiger partial charge in [-0.3, -0.25) is 14.4 Å². The molecule has 6 nitrogen and oxygen atoms in total. The number of unbranched alkanes of at least 4 members (excludes halogenated alkanes) is 35. The Morgan fingerprint density at radius 1 is 0.282 bits per heavy atom. The zero-order valence-corrected chi connectivity index (χ0v) is 47.2. The Morgan fingerprint density at radius 3 is 0.873 bits per heavy atom. The van der Waals surface area contributed by atoms with Crippen molar-refractivity contribution in [3.05, 3.63) is 60.8 Å². The summed E-state index contributed by atoms with van der Waals surface area (Å²) in [5, 5.41) is 0. The molecule has 0 radical (unpaired) electrons. The van der Waals surface area contributed by atoms with Crippen LogP contribution in [0.2, 0.25) is 0 Å². The van der Waals surface area contributed by atoms with Gasteiger partial charge in [0, 0.05) is 19.3 Å². The van der Waals surface area contributed by atoms with Gasteiger partial charge in [-0.05, 0) is 83.5 Å². The highest BCUT2D eigenvalue weighted by molar-refractivity contribution is 5.71. The molecule has 0 aromatic carbocycles. The van der Waals surface area contributed by atoms with E-state index in [-0.39, 0.29) is 37.5 Å². The third-order valence-electron chi connectivity index (χ3n) is 13.5. The summed E-state index contributed by atoms with van der Waals surface area (Å²) in [6.45, 7) is 6.60. The smallest absolute Gasteiger partial charge is 0.306 e. The van der Waals surface area contributed by atoms with Gasteiger partial charge in [0.2, 0.25) is 0 Å². The van der Waals surface area contributed by atoms with Gasteiger partial charge in [0.25, 0.3) is 0 Å². The van der Waals surface area contributed by atoms with E-state index in [0.717, 1.165) is 64.2 Å². The monoisotopic (exact) mass is 993 g/mol. The van der Waals surface area contributed by atoms with Crippen LogP contribution in [-0.4, -0.2) is 37.2 Å². The highest BCUT2D eigenvalue weighted by Gasteiger charge is 2.19. The molecule has 0 aromatic heterocycles. The van der Waals surface area contributed by atoms with Crippen molar-refractivity contribution in [3.63, 3.8) is 0 Å². The number of carbonyl (C=O) groups excluding carboxylic acids is 3. The van der Waals surface area contributed by atoms with Crippen molar-refractivity contribution >= 4 is 17.9 Å². The summed E-state index contributed by atoms with van der Waals surface area (Å²) in [4.78, 5) is 38.2. The average molecular weight is 994 g/mol. The number of esters is 3. The van der Waals surface area contributed by atoms with Crippen molar-refractivity contribution in [1.29, 1.82) is 0 Å². The Labute approximate surface area is 440 Å². The summed E-state index contributed by atoms with van der Waals surface area (Å²) in [7, 11) is 0. The highest BCUT2D eigenvalue weighted by Crippen LogP contribution is 2.16. The van der Waals surface area contributed by atoms with Crippen LogP contribution in [0.4, 0.5) is 0 Å². The van der Waals surface area contributed by atoms with E-state index in [0.29, 0.717) is 19.3 Å². The Balaban J connectivity index is 4.40. The molecule has 6 heteroatoms. The Kier molecular flexibility index (Phi) is 57.2. The van der Waals surface area contributed by atoms with Crippen molar-refractivity contribution in [2.45, 2.75) is 322 Å². The number of ether oxygens (including phenoxy) is 3. The third-order valence-corrected chi connectivity index (χ3v) is 13.5. The standard InChI is InChI=1S/C65H116O6/c1-4-7-10-13-16-19-22-25-28-30-31-32-33-35-37-40-43-46-49-52-55-58-64(67)70-61-62(60-69-63(66)57-54-51-48-45-42-39-36-27-24-21-18-15-12-9-6-3)71-65(68)59-56-53-50-47-44-41-38-34-29-26-23-20-17-14-11-8-5-2/h17,20,25-26,28-29,38,41,47,50,62H,4-16,18-19,21-24,27,30-37,39-40,42-46,48-49,51-61H2,1-3H3/b20-17-,28-25-,29-26-,41-38-,50-47-/t62-/m0/s1. The van der Waals surface area contributed by atoms with E-state index < -0.39 is 6.10 Å². The molecule has 0 saturated heterocycles. The SMILES string of the molecule is CCCCC/C=C\C/C=C\C/C=C\C/C=C\CCCC(=O)O[C@H](COC(=O)CCCCCCCCCCCCC/C=C\CCCCCCCC)COC(=O)CCCCCCCCCCCCCCCCC. The van der Waals surface area contributed by atoms with Crippen LogP contribution in [0.5, 0.6) is 0 Å². The Bertz CT molecular complexity index is 1280. The summed E-state index contributed by atoms with van der Waals surface area (Å²) in [5.74, 6) is -0.934.